The maximum atomic E-state index is 17.2. The van der Waals surface area contributed by atoms with Gasteiger partial charge < -0.3 is 24.4 Å². The van der Waals surface area contributed by atoms with Crippen LogP contribution in [0.5, 0.6) is 11.9 Å². The molecule has 246 valence electrons. The Morgan fingerprint density at radius 2 is 2.02 bits per heavy atom. The van der Waals surface area contributed by atoms with Gasteiger partial charge in [0, 0.05) is 56.2 Å². The van der Waals surface area contributed by atoms with E-state index in [4.69, 9.17) is 35.6 Å². The van der Waals surface area contributed by atoms with E-state index in [1.54, 1.807) is 25.3 Å². The summed E-state index contributed by atoms with van der Waals surface area (Å²) >= 11 is 0. The molecule has 6 atom stereocenters. The number of pyridine rings is 1. The molecule has 48 heavy (non-hydrogen) atoms. The molecular weight excluding hydrogens is 614 g/mol. The average molecular weight is 651 g/mol. The number of nitrogens with zero attached hydrogens (tertiary/aromatic N) is 5. The summed E-state index contributed by atoms with van der Waals surface area (Å²) in [4.78, 5) is 19.1. The van der Waals surface area contributed by atoms with Crippen molar-refractivity contribution in [3.8, 4) is 35.5 Å². The molecule has 5 aliphatic heterocycles. The molecule has 0 spiro atoms. The van der Waals surface area contributed by atoms with E-state index in [0.29, 0.717) is 34.1 Å². The van der Waals surface area contributed by atoms with Gasteiger partial charge in [0.1, 0.15) is 40.9 Å². The van der Waals surface area contributed by atoms with Gasteiger partial charge in [-0.05, 0) is 37.6 Å². The summed E-state index contributed by atoms with van der Waals surface area (Å²) in [6.45, 7) is 9.03. The van der Waals surface area contributed by atoms with Gasteiger partial charge in [0.15, 0.2) is 5.82 Å². The predicted molar refractivity (Wildman–Crippen MR) is 178 cm³/mol. The molecule has 11 heteroatoms. The Balaban J connectivity index is 1.24. The van der Waals surface area contributed by atoms with Crippen molar-refractivity contribution in [3.63, 3.8) is 0 Å². The zero-order valence-corrected chi connectivity index (χ0v) is 26.9. The lowest BCUT2D eigenvalue weighted by Gasteiger charge is -2.42. The van der Waals surface area contributed by atoms with Crippen molar-refractivity contribution in [3.05, 3.63) is 59.7 Å². The maximum Gasteiger partial charge on any atom is 0.319 e. The summed E-state index contributed by atoms with van der Waals surface area (Å²) in [5.74, 6) is 1.99. The van der Waals surface area contributed by atoms with Crippen LogP contribution in [-0.2, 0) is 4.74 Å². The Kier molecular flexibility index (Phi) is 6.71. The SMILES string of the molecule is C#Cc1c(F)ccc2cccc(-c3nc4c5c(nc(OCC67C[C@@H](OC)CN6CCC7=C)nc5c3F)N3C[C@H]5CC[C@H](N5)[C@H]3[C@H](C)O4)c12. The molecule has 4 fully saturated rings. The average Bonchev–Trinajstić information content (AvgIpc) is 3.73. The summed E-state index contributed by atoms with van der Waals surface area (Å²) in [5, 5.41) is 5.20. The fraction of sp³-hybridized carbons (Fsp3) is 0.432. The molecule has 1 unspecified atom stereocenters. The molecule has 2 aromatic heterocycles. The van der Waals surface area contributed by atoms with Crippen LogP contribution in [-0.4, -0.2) is 89.1 Å². The van der Waals surface area contributed by atoms with Crippen LogP contribution in [0.2, 0.25) is 0 Å². The standard InChI is InChI=1S/C37H36F2N6O3/c1-5-24-26(38)11-9-21-7-6-8-25(28(21)24)31-30(39)32-29-34(45-16-22-10-12-27(40-22)33(45)20(3)48-35(29)41-31)43-36(42-32)47-18-37-15-23(46-4)17-44(37)14-13-19(37)2/h1,6-9,11,20,22-23,27,33,40H,2,10,12-18H2,3-4H3/t20-,22+,23+,27-,33+,37?/m0/s1. The van der Waals surface area contributed by atoms with E-state index in [1.165, 1.54) is 6.07 Å². The molecule has 7 heterocycles. The largest absolute Gasteiger partial charge is 0.472 e. The number of fused-ring (bicyclic) bond motifs is 7. The van der Waals surface area contributed by atoms with Crippen molar-refractivity contribution < 1.29 is 23.0 Å². The number of ether oxygens (including phenoxy) is 3. The second-order valence-electron chi connectivity index (χ2n) is 13.8. The predicted octanol–water partition coefficient (Wildman–Crippen LogP) is 4.99. The fourth-order valence-electron chi connectivity index (χ4n) is 8.99. The number of halogens is 2. The van der Waals surface area contributed by atoms with Crippen molar-refractivity contribution in [1.29, 1.82) is 0 Å². The van der Waals surface area contributed by atoms with Crippen molar-refractivity contribution in [2.45, 2.75) is 68.5 Å². The lowest BCUT2D eigenvalue weighted by atomic mass is 9.90. The molecule has 0 aliphatic carbocycles. The van der Waals surface area contributed by atoms with Gasteiger partial charge in [0.05, 0.1) is 23.2 Å². The third-order valence-electron chi connectivity index (χ3n) is 11.3. The Morgan fingerprint density at radius 1 is 1.15 bits per heavy atom. The molecule has 2 bridgehead atoms. The first-order valence-electron chi connectivity index (χ1n) is 16.7. The number of aromatic nitrogens is 3. The number of anilines is 1. The van der Waals surface area contributed by atoms with E-state index in [0.717, 1.165) is 44.3 Å². The first-order chi connectivity index (χ1) is 23.3. The van der Waals surface area contributed by atoms with Crippen molar-refractivity contribution >= 4 is 27.5 Å². The van der Waals surface area contributed by atoms with Gasteiger partial charge in [-0.1, -0.05) is 42.3 Å². The topological polar surface area (TPSA) is 84.9 Å². The van der Waals surface area contributed by atoms with Crippen LogP contribution in [0.3, 0.4) is 0 Å². The van der Waals surface area contributed by atoms with Gasteiger partial charge in [-0.2, -0.15) is 9.97 Å². The molecule has 2 aromatic carbocycles. The summed E-state index contributed by atoms with van der Waals surface area (Å²) in [7, 11) is 1.73. The van der Waals surface area contributed by atoms with Gasteiger partial charge in [-0.25, -0.2) is 13.8 Å². The lowest BCUT2D eigenvalue weighted by molar-refractivity contribution is 0.107. The molecule has 4 aromatic rings. The van der Waals surface area contributed by atoms with E-state index in [2.05, 4.69) is 27.6 Å². The second-order valence-corrected chi connectivity index (χ2v) is 13.8. The molecule has 0 amide bonds. The second kappa shape index (κ2) is 10.8. The van der Waals surface area contributed by atoms with Gasteiger partial charge >= 0.3 is 6.01 Å². The van der Waals surface area contributed by atoms with Crippen LogP contribution >= 0.6 is 0 Å². The number of piperazine rings is 1. The number of methoxy groups -OCH3 is 1. The highest BCUT2D eigenvalue weighted by Gasteiger charge is 2.52. The zero-order valence-electron chi connectivity index (χ0n) is 26.9. The highest BCUT2D eigenvalue weighted by Crippen LogP contribution is 2.46. The van der Waals surface area contributed by atoms with Gasteiger partial charge in [0.25, 0.3) is 0 Å². The lowest BCUT2D eigenvalue weighted by Crippen LogP contribution is -2.62. The summed E-state index contributed by atoms with van der Waals surface area (Å²) in [6, 6.07) is 8.69. The van der Waals surface area contributed by atoms with E-state index in [9.17, 15) is 0 Å². The van der Waals surface area contributed by atoms with Gasteiger partial charge in [-0.15, -0.1) is 6.42 Å². The smallest absolute Gasteiger partial charge is 0.319 e. The number of terminal acetylenes is 1. The normalized spacial score (nSPS) is 29.1. The van der Waals surface area contributed by atoms with Gasteiger partial charge in [-0.3, -0.25) is 4.90 Å². The van der Waals surface area contributed by atoms with Crippen LogP contribution in [0.1, 0.15) is 38.2 Å². The van der Waals surface area contributed by atoms with E-state index in [1.807, 2.05) is 13.0 Å². The molecule has 9 rings (SSSR count). The summed E-state index contributed by atoms with van der Waals surface area (Å²) < 4.78 is 51.0. The Morgan fingerprint density at radius 3 is 2.85 bits per heavy atom. The van der Waals surface area contributed by atoms with Crippen LogP contribution in [0.4, 0.5) is 14.6 Å². The summed E-state index contributed by atoms with van der Waals surface area (Å²) in [5.41, 5.74) is 1.08. The van der Waals surface area contributed by atoms with Crippen molar-refractivity contribution in [2.24, 2.45) is 0 Å². The summed E-state index contributed by atoms with van der Waals surface area (Å²) in [6.07, 6.45) is 9.21. The highest BCUT2D eigenvalue weighted by atomic mass is 19.1. The molecule has 0 radical (unpaired) electrons. The Hall–Kier alpha value is -4.37. The Labute approximate surface area is 277 Å². The number of hydrogen-bond acceptors (Lipinski definition) is 9. The van der Waals surface area contributed by atoms with E-state index >= 15 is 8.78 Å². The first-order valence-corrected chi connectivity index (χ1v) is 16.7. The molecular formula is C37H36F2N6O3. The number of nitrogens with one attached hydrogen (secondary N) is 1. The van der Waals surface area contributed by atoms with Crippen LogP contribution < -0.4 is 19.7 Å². The minimum Gasteiger partial charge on any atom is -0.472 e. The minimum atomic E-state index is -0.680. The monoisotopic (exact) mass is 650 g/mol. The highest BCUT2D eigenvalue weighted by molar-refractivity contribution is 6.03. The fourth-order valence-corrected chi connectivity index (χ4v) is 8.99. The van der Waals surface area contributed by atoms with Crippen molar-refractivity contribution in [2.75, 3.05) is 38.3 Å². The Bertz CT molecular complexity index is 2070. The molecule has 9 nitrogen and oxygen atoms in total. The molecule has 4 saturated heterocycles. The van der Waals surface area contributed by atoms with Crippen LogP contribution in [0, 0.1) is 24.0 Å². The quantitative estimate of drug-likeness (QED) is 0.237. The van der Waals surface area contributed by atoms with Crippen molar-refractivity contribution in [1.82, 2.24) is 25.2 Å². The van der Waals surface area contributed by atoms with E-state index in [-0.39, 0.29) is 65.6 Å². The number of hydrogen-bond donors (Lipinski definition) is 1. The third-order valence-corrected chi connectivity index (χ3v) is 11.3. The van der Waals surface area contributed by atoms with E-state index < -0.39 is 17.2 Å². The third kappa shape index (κ3) is 4.22. The maximum absolute atomic E-state index is 17.2. The zero-order chi connectivity index (χ0) is 32.9. The minimum absolute atomic E-state index is 0.0276. The molecule has 5 aliphatic rings. The molecule has 0 saturated carbocycles. The number of benzene rings is 2. The molecule has 1 N–H and O–H groups in total. The van der Waals surface area contributed by atoms with Crippen LogP contribution in [0.25, 0.3) is 32.9 Å². The van der Waals surface area contributed by atoms with Crippen LogP contribution in [0.15, 0.2) is 42.5 Å². The number of rotatable bonds is 5. The van der Waals surface area contributed by atoms with Gasteiger partial charge in [0.2, 0.25) is 5.88 Å². The first kappa shape index (κ1) is 29.7.